The fraction of sp³-hybridized carbons (Fsp3) is 0.419. The lowest BCUT2D eigenvalue weighted by Gasteiger charge is -2.35. The second-order valence-corrected chi connectivity index (χ2v) is 10.4. The minimum absolute atomic E-state index is 0.0448. The van der Waals surface area contributed by atoms with Gasteiger partial charge in [0, 0.05) is 32.2 Å². The van der Waals surface area contributed by atoms with Gasteiger partial charge < -0.3 is 25.2 Å². The van der Waals surface area contributed by atoms with Crippen LogP contribution in [0.15, 0.2) is 66.7 Å². The van der Waals surface area contributed by atoms with Gasteiger partial charge in [0.1, 0.15) is 11.4 Å². The Labute approximate surface area is 238 Å². The summed E-state index contributed by atoms with van der Waals surface area (Å²) in [5.74, 6) is -0.499. The van der Waals surface area contributed by atoms with Crippen molar-refractivity contribution in [1.82, 2.24) is 20.1 Å². The molecular formula is C31H37F3N4O3. The number of amides is 2. The highest BCUT2D eigenvalue weighted by atomic mass is 19.4. The first-order chi connectivity index (χ1) is 19.6. The molecule has 0 fully saturated rings. The Kier molecular flexibility index (Phi) is 9.88. The van der Waals surface area contributed by atoms with Gasteiger partial charge in [-0.1, -0.05) is 62.4 Å². The number of aliphatic hydroxyl groups is 1. The van der Waals surface area contributed by atoms with Gasteiger partial charge >= 0.3 is 6.18 Å². The number of hydrogen-bond acceptors (Lipinski definition) is 4. The van der Waals surface area contributed by atoms with Crippen molar-refractivity contribution in [3.63, 3.8) is 0 Å². The van der Waals surface area contributed by atoms with E-state index in [1.807, 2.05) is 35.2 Å². The summed E-state index contributed by atoms with van der Waals surface area (Å²) in [5.41, 5.74) is 1.42. The summed E-state index contributed by atoms with van der Waals surface area (Å²) in [7, 11) is 0. The van der Waals surface area contributed by atoms with Crippen LogP contribution in [0.4, 0.5) is 13.2 Å². The normalized spacial score (nSPS) is 15.1. The number of aromatic nitrogens is 1. The summed E-state index contributed by atoms with van der Waals surface area (Å²) >= 11 is 0. The van der Waals surface area contributed by atoms with Gasteiger partial charge in [0.05, 0.1) is 17.7 Å². The molecule has 10 heteroatoms. The van der Waals surface area contributed by atoms with Gasteiger partial charge in [-0.2, -0.15) is 13.2 Å². The molecule has 2 aromatic carbocycles. The SMILES string of the molecule is CCC(CC)N1CCn2c(C(=O)N[C@@H](Cc3ccccc3)[C@@H](O)CNCc3cccc(C(F)(F)F)c3)ccc2C1=O. The highest BCUT2D eigenvalue weighted by Crippen LogP contribution is 2.29. The van der Waals surface area contributed by atoms with Gasteiger partial charge in [-0.05, 0) is 48.6 Å². The number of carbonyl (C=O) groups is 2. The number of benzene rings is 2. The average Bonchev–Trinajstić information content (AvgIpc) is 3.40. The number of aliphatic hydroxyl groups excluding tert-OH is 1. The first kappa shape index (κ1) is 30.3. The van der Waals surface area contributed by atoms with E-state index >= 15 is 0 Å². The van der Waals surface area contributed by atoms with Crippen LogP contribution in [0.3, 0.4) is 0 Å². The maximum Gasteiger partial charge on any atom is 0.416 e. The number of nitrogens with one attached hydrogen (secondary N) is 2. The summed E-state index contributed by atoms with van der Waals surface area (Å²) in [6.45, 7) is 5.29. The Morgan fingerprint density at radius 2 is 1.68 bits per heavy atom. The lowest BCUT2D eigenvalue weighted by molar-refractivity contribution is -0.137. The summed E-state index contributed by atoms with van der Waals surface area (Å²) in [4.78, 5) is 28.5. The molecule has 41 heavy (non-hydrogen) atoms. The fourth-order valence-electron chi connectivity index (χ4n) is 5.39. The van der Waals surface area contributed by atoms with Crippen LogP contribution in [0.2, 0.25) is 0 Å². The van der Waals surface area contributed by atoms with Gasteiger partial charge in [0.25, 0.3) is 11.8 Å². The number of carbonyl (C=O) groups excluding carboxylic acids is 2. The van der Waals surface area contributed by atoms with Crippen molar-refractivity contribution in [2.24, 2.45) is 0 Å². The molecule has 0 saturated heterocycles. The highest BCUT2D eigenvalue weighted by Gasteiger charge is 2.32. The summed E-state index contributed by atoms with van der Waals surface area (Å²) in [5, 5.41) is 17.0. The Bertz CT molecular complexity index is 1320. The first-order valence-corrected chi connectivity index (χ1v) is 14.0. The Hall–Kier alpha value is -3.63. The van der Waals surface area contributed by atoms with Gasteiger partial charge in [0.2, 0.25) is 0 Å². The molecule has 3 aromatic rings. The third-order valence-electron chi connectivity index (χ3n) is 7.66. The molecule has 0 saturated carbocycles. The third-order valence-corrected chi connectivity index (χ3v) is 7.66. The molecule has 4 rings (SSSR count). The van der Waals surface area contributed by atoms with Crippen molar-refractivity contribution in [3.05, 3.63) is 94.8 Å². The van der Waals surface area contributed by atoms with Crippen LogP contribution in [0.5, 0.6) is 0 Å². The number of halogens is 3. The zero-order chi connectivity index (χ0) is 29.6. The monoisotopic (exact) mass is 570 g/mol. The molecule has 7 nitrogen and oxygen atoms in total. The standard InChI is InChI=1S/C31H37F3N4O3/c1-3-24(4-2)37-15-16-38-26(13-14-27(38)30(37)41)29(40)36-25(18-21-9-6-5-7-10-21)28(39)20-35-19-22-11-8-12-23(17-22)31(32,33)34/h5-14,17,24-25,28,35,39H,3-4,15-16,18-20H2,1-2H3,(H,36,40)/t25-,28-/m0/s1. The molecule has 0 aliphatic carbocycles. The molecule has 0 unspecified atom stereocenters. The van der Waals surface area contributed by atoms with Crippen molar-refractivity contribution < 1.29 is 27.9 Å². The van der Waals surface area contributed by atoms with E-state index in [2.05, 4.69) is 24.5 Å². The molecular weight excluding hydrogens is 533 g/mol. The van der Waals surface area contributed by atoms with Crippen molar-refractivity contribution in [2.45, 2.75) is 70.6 Å². The minimum atomic E-state index is -4.44. The largest absolute Gasteiger partial charge is 0.416 e. The fourth-order valence-corrected chi connectivity index (χ4v) is 5.39. The molecule has 2 atom stereocenters. The van der Waals surface area contributed by atoms with Crippen LogP contribution >= 0.6 is 0 Å². The van der Waals surface area contributed by atoms with E-state index in [9.17, 15) is 27.9 Å². The van der Waals surface area contributed by atoms with E-state index in [1.54, 1.807) is 22.8 Å². The molecule has 1 aliphatic heterocycles. The smallest absolute Gasteiger partial charge is 0.390 e. The van der Waals surface area contributed by atoms with Crippen LogP contribution in [-0.4, -0.2) is 57.7 Å². The van der Waals surface area contributed by atoms with Gasteiger partial charge in [-0.3, -0.25) is 9.59 Å². The molecule has 0 bridgehead atoms. The summed E-state index contributed by atoms with van der Waals surface area (Å²) < 4.78 is 40.9. The van der Waals surface area contributed by atoms with E-state index in [4.69, 9.17) is 0 Å². The molecule has 220 valence electrons. The van der Waals surface area contributed by atoms with Gasteiger partial charge in [-0.15, -0.1) is 0 Å². The molecule has 3 N–H and O–H groups in total. The van der Waals surface area contributed by atoms with Crippen molar-refractivity contribution in [2.75, 3.05) is 13.1 Å². The number of nitrogens with zero attached hydrogens (tertiary/aromatic N) is 2. The van der Waals surface area contributed by atoms with E-state index < -0.39 is 29.8 Å². The van der Waals surface area contributed by atoms with Crippen LogP contribution in [0.25, 0.3) is 0 Å². The lowest BCUT2D eigenvalue weighted by Crippen LogP contribution is -2.50. The van der Waals surface area contributed by atoms with Crippen molar-refractivity contribution >= 4 is 11.8 Å². The number of hydrogen-bond donors (Lipinski definition) is 3. The topological polar surface area (TPSA) is 86.6 Å². The van der Waals surface area contributed by atoms with E-state index in [-0.39, 0.29) is 25.0 Å². The van der Waals surface area contributed by atoms with Crippen LogP contribution in [0, 0.1) is 0 Å². The summed E-state index contributed by atoms with van der Waals surface area (Å²) in [6.07, 6.45) is -3.41. The second-order valence-electron chi connectivity index (χ2n) is 10.4. The Morgan fingerprint density at radius 1 is 0.976 bits per heavy atom. The lowest BCUT2D eigenvalue weighted by atomic mass is 10.0. The Balaban J connectivity index is 1.45. The molecule has 0 spiro atoms. The number of alkyl halides is 3. The average molecular weight is 571 g/mol. The predicted molar refractivity (Wildman–Crippen MR) is 150 cm³/mol. The van der Waals surface area contributed by atoms with Crippen LogP contribution < -0.4 is 10.6 Å². The van der Waals surface area contributed by atoms with Gasteiger partial charge in [-0.25, -0.2) is 0 Å². The third kappa shape index (κ3) is 7.37. The minimum Gasteiger partial charge on any atom is -0.390 e. The zero-order valence-corrected chi connectivity index (χ0v) is 23.3. The first-order valence-electron chi connectivity index (χ1n) is 14.0. The predicted octanol–water partition coefficient (Wildman–Crippen LogP) is 4.64. The van der Waals surface area contributed by atoms with E-state index in [0.29, 0.717) is 36.5 Å². The van der Waals surface area contributed by atoms with Crippen molar-refractivity contribution in [1.29, 1.82) is 0 Å². The van der Waals surface area contributed by atoms with Crippen LogP contribution in [0.1, 0.15) is 64.4 Å². The van der Waals surface area contributed by atoms with Gasteiger partial charge in [0.15, 0.2) is 0 Å². The second kappa shape index (κ2) is 13.4. The molecule has 1 aromatic heterocycles. The molecule has 2 amide bonds. The quantitative estimate of drug-likeness (QED) is 0.296. The Morgan fingerprint density at radius 3 is 2.37 bits per heavy atom. The highest BCUT2D eigenvalue weighted by molar-refractivity contribution is 5.99. The maximum atomic E-state index is 13.4. The molecule has 0 radical (unpaired) electrons. The summed E-state index contributed by atoms with van der Waals surface area (Å²) in [6, 6.07) is 17.2. The number of rotatable bonds is 12. The zero-order valence-electron chi connectivity index (χ0n) is 23.3. The van der Waals surface area contributed by atoms with Crippen molar-refractivity contribution in [3.8, 4) is 0 Å². The van der Waals surface area contributed by atoms with E-state index in [1.165, 1.54) is 6.07 Å². The molecule has 2 heterocycles. The number of fused-ring (bicyclic) bond motifs is 1. The maximum absolute atomic E-state index is 13.4. The molecule has 1 aliphatic rings. The van der Waals surface area contributed by atoms with E-state index in [0.717, 1.165) is 30.5 Å². The van der Waals surface area contributed by atoms with Crippen LogP contribution in [-0.2, 0) is 25.7 Å².